The monoisotopic (exact) mass is 336 g/mol. The van der Waals surface area contributed by atoms with Crippen LogP contribution in [0, 0.1) is 5.41 Å². The molecule has 22 heavy (non-hydrogen) atoms. The second kappa shape index (κ2) is 12.4. The number of aliphatic hydroxyl groups is 2. The van der Waals surface area contributed by atoms with Crippen molar-refractivity contribution in [1.82, 2.24) is 10.6 Å². The summed E-state index contributed by atoms with van der Waals surface area (Å²) in [7, 11) is 0. The van der Waals surface area contributed by atoms with Gasteiger partial charge in [0.15, 0.2) is 0 Å². The van der Waals surface area contributed by atoms with Crippen LogP contribution in [-0.4, -0.2) is 59.4 Å². The van der Waals surface area contributed by atoms with Crippen molar-refractivity contribution in [3.8, 4) is 0 Å². The highest BCUT2D eigenvalue weighted by Crippen LogP contribution is 2.19. The second-order valence-electron chi connectivity index (χ2n) is 5.57. The molecule has 0 aromatic rings. The van der Waals surface area contributed by atoms with E-state index in [1.807, 2.05) is 0 Å². The maximum absolute atomic E-state index is 11.5. The Balaban J connectivity index is 0. The lowest BCUT2D eigenvalue weighted by Crippen LogP contribution is -2.46. The topological polar surface area (TPSA) is 116 Å². The minimum Gasteiger partial charge on any atom is -0.396 e. The zero-order valence-corrected chi connectivity index (χ0v) is 14.6. The van der Waals surface area contributed by atoms with Crippen molar-refractivity contribution < 1.29 is 24.6 Å². The fourth-order valence-electron chi connectivity index (χ4n) is 1.12. The average Bonchev–Trinajstić information content (AvgIpc) is 2.43. The number of Topliss-reactive ketones (excluding diaryl/α,β-unsaturated/α-hetero) is 1. The van der Waals surface area contributed by atoms with Crippen molar-refractivity contribution in [3.05, 3.63) is 0 Å². The summed E-state index contributed by atoms with van der Waals surface area (Å²) in [4.78, 5) is 32.2. The van der Waals surface area contributed by atoms with Crippen LogP contribution >= 0.6 is 12.6 Å². The van der Waals surface area contributed by atoms with Crippen LogP contribution in [0.3, 0.4) is 0 Å². The summed E-state index contributed by atoms with van der Waals surface area (Å²) in [6.07, 6.45) is -1.16. The van der Waals surface area contributed by atoms with Crippen molar-refractivity contribution in [3.63, 3.8) is 0 Å². The molecule has 130 valence electrons. The Labute approximate surface area is 137 Å². The number of carbonyl (C=O) groups excluding carboxylic acids is 3. The fourth-order valence-corrected chi connectivity index (χ4v) is 1.23. The quantitative estimate of drug-likeness (QED) is 0.384. The summed E-state index contributed by atoms with van der Waals surface area (Å²) >= 11 is 3.95. The molecular weight excluding hydrogens is 308 g/mol. The summed E-state index contributed by atoms with van der Waals surface area (Å²) in [5, 5.41) is 23.7. The molecule has 0 aromatic heterocycles. The number of hydrogen-bond acceptors (Lipinski definition) is 6. The van der Waals surface area contributed by atoms with Crippen LogP contribution < -0.4 is 10.6 Å². The molecule has 0 saturated heterocycles. The molecule has 0 aliphatic heterocycles. The van der Waals surface area contributed by atoms with Gasteiger partial charge in [-0.05, 0) is 13.8 Å². The van der Waals surface area contributed by atoms with Crippen molar-refractivity contribution >= 4 is 30.2 Å². The van der Waals surface area contributed by atoms with E-state index in [2.05, 4.69) is 23.3 Å². The van der Waals surface area contributed by atoms with Crippen molar-refractivity contribution in [2.45, 2.75) is 40.2 Å². The third-order valence-electron chi connectivity index (χ3n) is 2.48. The summed E-state index contributed by atoms with van der Waals surface area (Å²) < 4.78 is 0. The Bertz CT molecular complexity index is 357. The van der Waals surface area contributed by atoms with Gasteiger partial charge in [-0.2, -0.15) is 12.6 Å². The van der Waals surface area contributed by atoms with Crippen LogP contribution in [-0.2, 0) is 14.4 Å². The Kier molecular flexibility index (Phi) is 13.1. The van der Waals surface area contributed by atoms with E-state index >= 15 is 0 Å². The van der Waals surface area contributed by atoms with Gasteiger partial charge in [-0.3, -0.25) is 9.59 Å². The van der Waals surface area contributed by atoms with Gasteiger partial charge in [0.25, 0.3) is 0 Å². The number of amides is 2. The molecule has 2 amide bonds. The van der Waals surface area contributed by atoms with Crippen LogP contribution in [0.2, 0.25) is 0 Å². The summed E-state index contributed by atoms with van der Waals surface area (Å²) in [6, 6.07) is 0. The fraction of sp³-hybridized carbons (Fsp3) is 0.786. The van der Waals surface area contributed by atoms with E-state index in [0.717, 1.165) is 0 Å². The molecule has 0 heterocycles. The number of aliphatic hydroxyl groups excluding tert-OH is 2. The molecule has 0 radical (unpaired) electrons. The largest absolute Gasteiger partial charge is 0.396 e. The third kappa shape index (κ3) is 12.6. The second-order valence-corrected chi connectivity index (χ2v) is 6.02. The maximum Gasteiger partial charge on any atom is 0.249 e. The van der Waals surface area contributed by atoms with Crippen LogP contribution in [0.1, 0.15) is 34.1 Å². The lowest BCUT2D eigenvalue weighted by molar-refractivity contribution is -0.137. The first-order valence-corrected chi connectivity index (χ1v) is 7.63. The number of thiol groups is 1. The normalized spacial score (nSPS) is 11.8. The number of carbonyl (C=O) groups is 3. The van der Waals surface area contributed by atoms with Crippen molar-refractivity contribution in [1.29, 1.82) is 0 Å². The Morgan fingerprint density at radius 3 is 2.05 bits per heavy atom. The van der Waals surface area contributed by atoms with Gasteiger partial charge in [-0.15, -0.1) is 0 Å². The van der Waals surface area contributed by atoms with E-state index in [-0.39, 0.29) is 31.3 Å². The molecule has 1 atom stereocenters. The molecule has 7 nitrogen and oxygen atoms in total. The van der Waals surface area contributed by atoms with E-state index in [1.54, 1.807) is 13.8 Å². The van der Waals surface area contributed by atoms with E-state index in [0.29, 0.717) is 12.3 Å². The minimum absolute atomic E-state index is 0.145. The highest BCUT2D eigenvalue weighted by atomic mass is 32.1. The molecule has 0 saturated carbocycles. The van der Waals surface area contributed by atoms with Crippen LogP contribution in [0.5, 0.6) is 0 Å². The molecule has 0 bridgehead atoms. The van der Waals surface area contributed by atoms with Gasteiger partial charge in [0, 0.05) is 30.7 Å². The number of ketones is 1. The van der Waals surface area contributed by atoms with E-state index in [4.69, 9.17) is 5.11 Å². The number of rotatable bonds is 8. The predicted octanol–water partition coefficient (Wildman–Crippen LogP) is -0.487. The van der Waals surface area contributed by atoms with Gasteiger partial charge >= 0.3 is 0 Å². The molecule has 1 unspecified atom stereocenters. The smallest absolute Gasteiger partial charge is 0.249 e. The van der Waals surface area contributed by atoms with Crippen LogP contribution in [0.4, 0.5) is 0 Å². The van der Waals surface area contributed by atoms with Gasteiger partial charge in [-0.1, -0.05) is 13.8 Å². The summed E-state index contributed by atoms with van der Waals surface area (Å²) in [5.74, 6) is -0.0436. The standard InChI is InChI=1S/C11H22N2O4S.C3H6O/c1-11(2,7-14)9(16)10(17)13-4-3-8(15)12-5-6-18;1-3(2)4/h9,14,16,18H,3-7H2,1-2H3,(H,12,15)(H,13,17);1-2H3. The number of hydrogen-bond donors (Lipinski definition) is 5. The maximum atomic E-state index is 11.5. The van der Waals surface area contributed by atoms with E-state index in [9.17, 15) is 19.5 Å². The minimum atomic E-state index is -1.30. The molecule has 0 fully saturated rings. The van der Waals surface area contributed by atoms with Gasteiger partial charge in [0.1, 0.15) is 11.9 Å². The predicted molar refractivity (Wildman–Crippen MR) is 87.7 cm³/mol. The van der Waals surface area contributed by atoms with Crippen LogP contribution in [0.15, 0.2) is 0 Å². The first-order chi connectivity index (χ1) is 10.1. The lowest BCUT2D eigenvalue weighted by Gasteiger charge is -2.27. The Hall–Kier alpha value is -1.12. The number of nitrogens with one attached hydrogen (secondary N) is 2. The van der Waals surface area contributed by atoms with E-state index in [1.165, 1.54) is 13.8 Å². The average molecular weight is 336 g/mol. The first kappa shape index (κ1) is 23.2. The molecule has 0 aromatic carbocycles. The third-order valence-corrected chi connectivity index (χ3v) is 2.70. The molecule has 4 N–H and O–H groups in total. The van der Waals surface area contributed by atoms with Gasteiger partial charge in [-0.25, -0.2) is 0 Å². The molecule has 0 aliphatic rings. The zero-order valence-electron chi connectivity index (χ0n) is 13.7. The van der Waals surface area contributed by atoms with Gasteiger partial charge in [0.2, 0.25) is 11.8 Å². The van der Waals surface area contributed by atoms with Gasteiger partial charge < -0.3 is 25.6 Å². The molecule has 0 spiro atoms. The molecule has 0 rings (SSSR count). The lowest BCUT2D eigenvalue weighted by atomic mass is 9.87. The SMILES string of the molecule is CC(C)(CO)C(O)C(=O)NCCC(=O)NCCS.CC(C)=O. The van der Waals surface area contributed by atoms with Gasteiger partial charge in [0.05, 0.1) is 6.61 Å². The summed E-state index contributed by atoms with van der Waals surface area (Å²) in [5.41, 5.74) is -0.904. The zero-order chi connectivity index (χ0) is 17.8. The molecular formula is C14H28N2O5S. The van der Waals surface area contributed by atoms with Crippen molar-refractivity contribution in [2.75, 3.05) is 25.4 Å². The highest BCUT2D eigenvalue weighted by molar-refractivity contribution is 7.80. The first-order valence-electron chi connectivity index (χ1n) is 6.99. The molecule has 0 aliphatic carbocycles. The van der Waals surface area contributed by atoms with Crippen LogP contribution in [0.25, 0.3) is 0 Å². The highest BCUT2D eigenvalue weighted by Gasteiger charge is 2.32. The van der Waals surface area contributed by atoms with Crippen molar-refractivity contribution in [2.24, 2.45) is 5.41 Å². The Morgan fingerprint density at radius 2 is 1.64 bits per heavy atom. The van der Waals surface area contributed by atoms with E-state index < -0.39 is 17.4 Å². The molecule has 8 heteroatoms. The Morgan fingerprint density at radius 1 is 1.14 bits per heavy atom. The summed E-state index contributed by atoms with van der Waals surface area (Å²) in [6.45, 7) is 6.54.